The summed E-state index contributed by atoms with van der Waals surface area (Å²) in [6.45, 7) is 15.0. The summed E-state index contributed by atoms with van der Waals surface area (Å²) in [4.78, 5) is 30.4. The maximum atomic E-state index is 12.7. The summed E-state index contributed by atoms with van der Waals surface area (Å²) in [5.41, 5.74) is 3.28. The van der Waals surface area contributed by atoms with E-state index >= 15 is 0 Å². The SMILES string of the molecule is Cc1cc(C)c(C2=NO[C@](C)(C(=O)NC(=O)C(C)(C)C)[C@H]2C)c(C)c1. The monoisotopic (exact) mass is 344 g/mol. The molecule has 136 valence electrons. The highest BCUT2D eigenvalue weighted by Gasteiger charge is 2.50. The van der Waals surface area contributed by atoms with Crippen molar-refractivity contribution in [2.45, 2.75) is 61.0 Å². The second-order valence-electron chi connectivity index (χ2n) is 8.20. The molecular weight excluding hydrogens is 316 g/mol. The third-order valence-electron chi connectivity index (χ3n) is 4.86. The van der Waals surface area contributed by atoms with E-state index in [2.05, 4.69) is 29.5 Å². The van der Waals surface area contributed by atoms with Crippen LogP contribution in [0.1, 0.15) is 56.9 Å². The van der Waals surface area contributed by atoms with Crippen molar-refractivity contribution in [2.75, 3.05) is 0 Å². The van der Waals surface area contributed by atoms with Crippen molar-refractivity contribution < 1.29 is 14.4 Å². The van der Waals surface area contributed by atoms with Crippen molar-refractivity contribution in [3.8, 4) is 0 Å². The van der Waals surface area contributed by atoms with Crippen molar-refractivity contribution in [2.24, 2.45) is 16.5 Å². The van der Waals surface area contributed by atoms with Gasteiger partial charge in [-0.05, 0) is 38.8 Å². The van der Waals surface area contributed by atoms with E-state index in [1.165, 1.54) is 5.56 Å². The first-order valence-corrected chi connectivity index (χ1v) is 8.58. The van der Waals surface area contributed by atoms with Crippen LogP contribution in [0.5, 0.6) is 0 Å². The van der Waals surface area contributed by atoms with Gasteiger partial charge in [-0.25, -0.2) is 0 Å². The highest BCUT2D eigenvalue weighted by atomic mass is 16.7. The Hall–Kier alpha value is -2.17. The Morgan fingerprint density at radius 3 is 2.16 bits per heavy atom. The number of oxime groups is 1. The molecule has 5 heteroatoms. The Bertz CT molecular complexity index is 736. The van der Waals surface area contributed by atoms with Crippen LogP contribution in [0.3, 0.4) is 0 Å². The molecule has 0 radical (unpaired) electrons. The van der Waals surface area contributed by atoms with Gasteiger partial charge in [-0.3, -0.25) is 14.9 Å². The van der Waals surface area contributed by atoms with E-state index in [1.807, 2.05) is 20.8 Å². The van der Waals surface area contributed by atoms with E-state index in [1.54, 1.807) is 27.7 Å². The maximum Gasteiger partial charge on any atom is 0.274 e. The standard InChI is InChI=1S/C20H28N2O3/c1-11-9-12(2)15(13(3)10-11)16-14(4)20(8,25-22-16)18(24)21-17(23)19(5,6)7/h9-10,14H,1-8H3,(H,21,23,24)/t14-,20-/m0/s1. The number of hydrogen-bond donors (Lipinski definition) is 1. The lowest BCUT2D eigenvalue weighted by molar-refractivity contribution is -0.150. The van der Waals surface area contributed by atoms with Crippen LogP contribution in [0.15, 0.2) is 17.3 Å². The van der Waals surface area contributed by atoms with Gasteiger partial charge in [-0.1, -0.05) is 50.5 Å². The van der Waals surface area contributed by atoms with Crippen LogP contribution >= 0.6 is 0 Å². The zero-order valence-electron chi connectivity index (χ0n) is 16.4. The van der Waals surface area contributed by atoms with Crippen LogP contribution < -0.4 is 5.32 Å². The van der Waals surface area contributed by atoms with Gasteiger partial charge in [0.05, 0.1) is 11.6 Å². The second-order valence-corrected chi connectivity index (χ2v) is 8.20. The van der Waals surface area contributed by atoms with Crippen LogP contribution in [-0.2, 0) is 14.4 Å². The minimum atomic E-state index is -1.21. The average Bonchev–Trinajstić information content (AvgIpc) is 2.75. The fourth-order valence-corrected chi connectivity index (χ4v) is 3.06. The van der Waals surface area contributed by atoms with Crippen molar-refractivity contribution in [1.82, 2.24) is 5.32 Å². The molecule has 5 nitrogen and oxygen atoms in total. The van der Waals surface area contributed by atoms with Gasteiger partial charge < -0.3 is 4.84 Å². The highest BCUT2D eigenvalue weighted by molar-refractivity contribution is 6.10. The predicted molar refractivity (Wildman–Crippen MR) is 98.4 cm³/mol. The van der Waals surface area contributed by atoms with Gasteiger partial charge in [0.1, 0.15) is 0 Å². The number of benzene rings is 1. The minimum absolute atomic E-state index is 0.277. The van der Waals surface area contributed by atoms with Crippen LogP contribution in [0.4, 0.5) is 0 Å². The van der Waals surface area contributed by atoms with E-state index in [-0.39, 0.29) is 11.8 Å². The molecule has 1 N–H and O–H groups in total. The number of amides is 2. The topological polar surface area (TPSA) is 67.8 Å². The first-order chi connectivity index (χ1) is 11.4. The molecule has 1 aromatic rings. The van der Waals surface area contributed by atoms with Gasteiger partial charge in [-0.15, -0.1) is 0 Å². The molecule has 1 aromatic carbocycles. The molecule has 1 aliphatic rings. The molecule has 1 heterocycles. The molecule has 0 bridgehead atoms. The first kappa shape index (κ1) is 19.2. The quantitative estimate of drug-likeness (QED) is 0.894. The number of nitrogens with zero attached hydrogens (tertiary/aromatic N) is 1. The summed E-state index contributed by atoms with van der Waals surface area (Å²) in [5.74, 6) is -1.06. The normalized spacial score (nSPS) is 23.0. The highest BCUT2D eigenvalue weighted by Crippen LogP contribution is 2.35. The van der Waals surface area contributed by atoms with Crippen LogP contribution in [0.2, 0.25) is 0 Å². The third-order valence-corrected chi connectivity index (χ3v) is 4.86. The van der Waals surface area contributed by atoms with Crippen molar-refractivity contribution in [3.63, 3.8) is 0 Å². The van der Waals surface area contributed by atoms with E-state index < -0.39 is 16.9 Å². The third kappa shape index (κ3) is 3.46. The van der Waals surface area contributed by atoms with Crippen LogP contribution in [0.25, 0.3) is 0 Å². The Balaban J connectivity index is 2.30. The molecule has 0 fully saturated rings. The maximum absolute atomic E-state index is 12.7. The largest absolute Gasteiger partial charge is 0.378 e. The minimum Gasteiger partial charge on any atom is -0.378 e. The van der Waals surface area contributed by atoms with Crippen LogP contribution in [-0.4, -0.2) is 23.1 Å². The lowest BCUT2D eigenvalue weighted by Gasteiger charge is -2.27. The van der Waals surface area contributed by atoms with E-state index in [9.17, 15) is 9.59 Å². The average molecular weight is 344 g/mol. The molecule has 1 aliphatic heterocycles. The van der Waals surface area contributed by atoms with Gasteiger partial charge in [0, 0.05) is 11.0 Å². The smallest absolute Gasteiger partial charge is 0.274 e. The second kappa shape index (κ2) is 6.28. The first-order valence-electron chi connectivity index (χ1n) is 8.58. The number of rotatable bonds is 2. The molecule has 2 atom stereocenters. The summed E-state index contributed by atoms with van der Waals surface area (Å²) >= 11 is 0. The zero-order valence-corrected chi connectivity index (χ0v) is 16.4. The van der Waals surface area contributed by atoms with Gasteiger partial charge >= 0.3 is 0 Å². The van der Waals surface area contributed by atoms with E-state index in [0.717, 1.165) is 22.4 Å². The molecule has 0 aliphatic carbocycles. The number of carbonyl (C=O) groups is 2. The van der Waals surface area contributed by atoms with Gasteiger partial charge in [0.25, 0.3) is 5.91 Å². The summed E-state index contributed by atoms with van der Waals surface area (Å²) < 4.78 is 0. The molecular formula is C20H28N2O3. The summed E-state index contributed by atoms with van der Waals surface area (Å²) in [7, 11) is 0. The van der Waals surface area contributed by atoms with Gasteiger partial charge in [0.15, 0.2) is 0 Å². The Kier molecular flexibility index (Phi) is 4.81. The Morgan fingerprint density at radius 2 is 1.68 bits per heavy atom. The number of carbonyl (C=O) groups excluding carboxylic acids is 2. The summed E-state index contributed by atoms with van der Waals surface area (Å²) in [6.07, 6.45) is 0. The molecule has 0 unspecified atom stereocenters. The molecule has 0 saturated carbocycles. The fraction of sp³-hybridized carbons (Fsp3) is 0.550. The number of nitrogens with one attached hydrogen (secondary N) is 1. The predicted octanol–water partition coefficient (Wildman–Crippen LogP) is 3.43. The lowest BCUT2D eigenvalue weighted by atomic mass is 9.81. The van der Waals surface area contributed by atoms with Crippen molar-refractivity contribution in [3.05, 3.63) is 34.4 Å². The summed E-state index contributed by atoms with van der Waals surface area (Å²) in [6, 6.07) is 4.19. The van der Waals surface area contributed by atoms with Gasteiger partial charge in [0.2, 0.25) is 11.5 Å². The molecule has 25 heavy (non-hydrogen) atoms. The Labute approximate surface area is 149 Å². The molecule has 2 rings (SSSR count). The number of imide groups is 1. The number of aryl methyl sites for hydroxylation is 3. The molecule has 0 saturated heterocycles. The molecule has 2 amide bonds. The Morgan fingerprint density at radius 1 is 1.16 bits per heavy atom. The van der Waals surface area contributed by atoms with Crippen LogP contribution in [0, 0.1) is 32.1 Å². The summed E-state index contributed by atoms with van der Waals surface area (Å²) in [5, 5.41) is 6.69. The fourth-order valence-electron chi connectivity index (χ4n) is 3.06. The van der Waals surface area contributed by atoms with Crippen molar-refractivity contribution in [1.29, 1.82) is 0 Å². The molecule has 0 aromatic heterocycles. The van der Waals surface area contributed by atoms with Crippen molar-refractivity contribution >= 4 is 17.5 Å². The zero-order chi connectivity index (χ0) is 19.2. The van der Waals surface area contributed by atoms with E-state index in [0.29, 0.717) is 0 Å². The molecule has 0 spiro atoms. The number of hydrogen-bond acceptors (Lipinski definition) is 4. The lowest BCUT2D eigenvalue weighted by Crippen LogP contribution is -2.53. The van der Waals surface area contributed by atoms with Gasteiger partial charge in [-0.2, -0.15) is 0 Å². The van der Waals surface area contributed by atoms with E-state index in [4.69, 9.17) is 4.84 Å².